The van der Waals surface area contributed by atoms with Gasteiger partial charge in [0.1, 0.15) is 5.15 Å². The van der Waals surface area contributed by atoms with Crippen LogP contribution in [0.5, 0.6) is 0 Å². The first-order chi connectivity index (χ1) is 6.18. The number of rotatable bonds is 2. The lowest BCUT2D eigenvalue weighted by Gasteiger charge is -1.98. The second-order valence-electron chi connectivity index (χ2n) is 3.33. The van der Waals surface area contributed by atoms with Crippen LogP contribution in [0.2, 0.25) is 11.0 Å². The summed E-state index contributed by atoms with van der Waals surface area (Å²) in [6, 6.07) is 3.60. The van der Waals surface area contributed by atoms with Crippen LogP contribution in [0.4, 0.5) is 0 Å². The van der Waals surface area contributed by atoms with E-state index in [9.17, 15) is 0 Å². The van der Waals surface area contributed by atoms with Crippen LogP contribution < -0.4 is 0 Å². The fraction of sp³-hybridized carbons (Fsp3) is 0.375. The highest BCUT2D eigenvalue weighted by Crippen LogP contribution is 2.53. The number of hydrogen-bond acceptors (Lipinski definition) is 3. The molecule has 0 aromatic carbocycles. The summed E-state index contributed by atoms with van der Waals surface area (Å²) >= 11 is 5.63. The zero-order valence-electron chi connectivity index (χ0n) is 6.89. The molecule has 0 bridgehead atoms. The third-order valence-electron chi connectivity index (χ3n) is 2.40. The second kappa shape index (κ2) is 3.29. The van der Waals surface area contributed by atoms with E-state index in [4.69, 9.17) is 21.6 Å². The van der Waals surface area contributed by atoms with Crippen LogP contribution in [0.25, 0.3) is 0 Å². The highest BCUT2D eigenvalue weighted by molar-refractivity contribution is 6.44. The Morgan fingerprint density at radius 1 is 1.46 bits per heavy atom. The molecule has 3 nitrogen and oxygen atoms in total. The van der Waals surface area contributed by atoms with E-state index in [0.29, 0.717) is 5.15 Å². The molecule has 0 spiro atoms. The highest BCUT2D eigenvalue weighted by atomic mass is 35.5. The fourth-order valence-electron chi connectivity index (χ4n) is 1.53. The van der Waals surface area contributed by atoms with E-state index in [-0.39, 0.29) is 11.7 Å². The van der Waals surface area contributed by atoms with E-state index in [1.807, 2.05) is 6.07 Å². The normalized spacial score (nSPS) is 25.8. The quantitative estimate of drug-likeness (QED) is 0.551. The SMILES string of the molecule is OB(O)C1CC1c1ccc(Cl)nc1. The topological polar surface area (TPSA) is 53.4 Å². The minimum Gasteiger partial charge on any atom is -0.427 e. The Labute approximate surface area is 81.5 Å². The summed E-state index contributed by atoms with van der Waals surface area (Å²) in [5, 5.41) is 18.2. The van der Waals surface area contributed by atoms with Gasteiger partial charge in [-0.25, -0.2) is 4.98 Å². The van der Waals surface area contributed by atoms with Gasteiger partial charge >= 0.3 is 7.12 Å². The van der Waals surface area contributed by atoms with Gasteiger partial charge in [0.15, 0.2) is 0 Å². The molecule has 2 rings (SSSR count). The number of nitrogens with zero attached hydrogens (tertiary/aromatic N) is 1. The second-order valence-corrected chi connectivity index (χ2v) is 3.72. The molecule has 1 aliphatic rings. The van der Waals surface area contributed by atoms with Crippen LogP contribution in [0, 0.1) is 0 Å². The molecule has 1 fully saturated rings. The van der Waals surface area contributed by atoms with Crippen LogP contribution in [0.1, 0.15) is 17.9 Å². The van der Waals surface area contributed by atoms with E-state index >= 15 is 0 Å². The average Bonchev–Trinajstić information content (AvgIpc) is 2.85. The number of aromatic nitrogens is 1. The number of hydrogen-bond donors (Lipinski definition) is 2. The Hall–Kier alpha value is -0.575. The van der Waals surface area contributed by atoms with Gasteiger partial charge in [0.05, 0.1) is 0 Å². The summed E-state index contributed by atoms with van der Waals surface area (Å²) in [5.41, 5.74) is 1.03. The van der Waals surface area contributed by atoms with Crippen molar-refractivity contribution < 1.29 is 10.0 Å². The van der Waals surface area contributed by atoms with Gasteiger partial charge in [-0.05, 0) is 24.0 Å². The van der Waals surface area contributed by atoms with Crippen molar-refractivity contribution in [2.45, 2.75) is 18.2 Å². The zero-order valence-corrected chi connectivity index (χ0v) is 7.65. The molecule has 0 saturated heterocycles. The maximum atomic E-state index is 8.89. The largest absolute Gasteiger partial charge is 0.455 e. The van der Waals surface area contributed by atoms with Crippen molar-refractivity contribution in [3.8, 4) is 0 Å². The van der Waals surface area contributed by atoms with E-state index in [2.05, 4.69) is 4.98 Å². The fourth-order valence-corrected chi connectivity index (χ4v) is 1.65. The molecular formula is C8H9BClNO2. The third-order valence-corrected chi connectivity index (χ3v) is 2.62. The van der Waals surface area contributed by atoms with Gasteiger partial charge in [0.2, 0.25) is 0 Å². The van der Waals surface area contributed by atoms with Crippen molar-refractivity contribution in [3.05, 3.63) is 29.0 Å². The Bertz CT molecular complexity index is 304. The Balaban J connectivity index is 2.08. The molecule has 68 valence electrons. The van der Waals surface area contributed by atoms with Crippen molar-refractivity contribution in [1.82, 2.24) is 4.98 Å². The molecule has 1 aliphatic carbocycles. The number of pyridine rings is 1. The number of halogens is 1. The van der Waals surface area contributed by atoms with Crippen LogP contribution in [0.15, 0.2) is 18.3 Å². The lowest BCUT2D eigenvalue weighted by Crippen LogP contribution is -2.11. The first-order valence-corrected chi connectivity index (χ1v) is 4.54. The van der Waals surface area contributed by atoms with Crippen LogP contribution >= 0.6 is 11.6 Å². The first-order valence-electron chi connectivity index (χ1n) is 4.16. The lowest BCUT2D eigenvalue weighted by atomic mass is 9.81. The van der Waals surface area contributed by atoms with Crippen molar-refractivity contribution in [2.75, 3.05) is 0 Å². The van der Waals surface area contributed by atoms with Gasteiger partial charge in [-0.2, -0.15) is 0 Å². The average molecular weight is 197 g/mol. The molecule has 1 aromatic rings. The molecule has 2 atom stereocenters. The minimum absolute atomic E-state index is 0.0250. The summed E-state index contributed by atoms with van der Waals surface area (Å²) in [6.45, 7) is 0. The summed E-state index contributed by atoms with van der Waals surface area (Å²) in [5.74, 6) is 0.216. The van der Waals surface area contributed by atoms with Crippen molar-refractivity contribution >= 4 is 18.7 Å². The van der Waals surface area contributed by atoms with E-state index in [1.165, 1.54) is 0 Å². The zero-order chi connectivity index (χ0) is 9.42. The van der Waals surface area contributed by atoms with Crippen LogP contribution in [-0.4, -0.2) is 22.2 Å². The molecule has 2 N–H and O–H groups in total. The summed E-state index contributed by atoms with van der Waals surface area (Å²) < 4.78 is 0. The van der Waals surface area contributed by atoms with E-state index < -0.39 is 7.12 Å². The Morgan fingerprint density at radius 3 is 2.69 bits per heavy atom. The van der Waals surface area contributed by atoms with Crippen molar-refractivity contribution in [1.29, 1.82) is 0 Å². The maximum absolute atomic E-state index is 8.89. The molecule has 1 saturated carbocycles. The summed E-state index contributed by atoms with van der Waals surface area (Å²) in [6.07, 6.45) is 2.51. The minimum atomic E-state index is -1.21. The van der Waals surface area contributed by atoms with Crippen LogP contribution in [0.3, 0.4) is 0 Å². The standard InChI is InChI=1S/C8H9BClNO2/c10-8-2-1-5(4-11-8)6-3-7(6)9(12)13/h1-2,4,6-7,12-13H,3H2. The lowest BCUT2D eigenvalue weighted by molar-refractivity contribution is 0.402. The first kappa shape index (κ1) is 9.00. The molecule has 0 amide bonds. The summed E-state index contributed by atoms with van der Waals surface area (Å²) in [4.78, 5) is 3.94. The van der Waals surface area contributed by atoms with E-state index in [1.54, 1.807) is 12.3 Å². The molecular weight excluding hydrogens is 188 g/mol. The van der Waals surface area contributed by atoms with Crippen molar-refractivity contribution in [2.24, 2.45) is 0 Å². The predicted octanol–water partition coefficient (Wildman–Crippen LogP) is 1.07. The van der Waals surface area contributed by atoms with Gasteiger partial charge in [-0.15, -0.1) is 0 Å². The molecule has 1 heterocycles. The van der Waals surface area contributed by atoms with Gasteiger partial charge in [0, 0.05) is 12.0 Å². The van der Waals surface area contributed by atoms with Gasteiger partial charge in [-0.1, -0.05) is 17.7 Å². The molecule has 0 aliphatic heterocycles. The van der Waals surface area contributed by atoms with Crippen molar-refractivity contribution in [3.63, 3.8) is 0 Å². The smallest absolute Gasteiger partial charge is 0.427 e. The maximum Gasteiger partial charge on any atom is 0.455 e. The van der Waals surface area contributed by atoms with Gasteiger partial charge < -0.3 is 10.0 Å². The van der Waals surface area contributed by atoms with E-state index in [0.717, 1.165) is 12.0 Å². The Morgan fingerprint density at radius 2 is 2.23 bits per heavy atom. The van der Waals surface area contributed by atoms with Gasteiger partial charge in [-0.3, -0.25) is 0 Å². The molecule has 13 heavy (non-hydrogen) atoms. The molecule has 5 heteroatoms. The van der Waals surface area contributed by atoms with Gasteiger partial charge in [0.25, 0.3) is 0 Å². The third kappa shape index (κ3) is 1.85. The monoisotopic (exact) mass is 197 g/mol. The predicted molar refractivity (Wildman–Crippen MR) is 50.5 cm³/mol. The molecule has 0 radical (unpaired) electrons. The Kier molecular flexibility index (Phi) is 2.28. The molecule has 1 aromatic heterocycles. The highest BCUT2D eigenvalue weighted by Gasteiger charge is 2.46. The molecule has 2 unspecified atom stereocenters. The van der Waals surface area contributed by atoms with Crippen LogP contribution in [-0.2, 0) is 0 Å². The summed E-state index contributed by atoms with van der Waals surface area (Å²) in [7, 11) is -1.21.